The second-order valence-electron chi connectivity index (χ2n) is 3.64. The van der Waals surface area contributed by atoms with Crippen LogP contribution in [-0.4, -0.2) is 9.91 Å². The zero-order chi connectivity index (χ0) is 13.1. The van der Waals surface area contributed by atoms with Gasteiger partial charge in [-0.2, -0.15) is 0 Å². The van der Waals surface area contributed by atoms with Crippen LogP contribution in [0, 0.1) is 22.9 Å². The molecule has 0 bridgehead atoms. The molecule has 0 radical (unpaired) electrons. The average molecular weight is 267 g/mol. The van der Waals surface area contributed by atoms with Gasteiger partial charge in [-0.05, 0) is 13.0 Å². The van der Waals surface area contributed by atoms with E-state index >= 15 is 0 Å². The molecule has 1 N–H and O–H groups in total. The minimum Gasteiger partial charge on any atom is -0.373 e. The van der Waals surface area contributed by atoms with Crippen LogP contribution in [0.3, 0.4) is 0 Å². The normalized spacial score (nSPS) is 10.3. The Kier molecular flexibility index (Phi) is 3.52. The van der Waals surface area contributed by atoms with E-state index in [1.54, 1.807) is 6.20 Å². The maximum atomic E-state index is 13.1. The number of nitrogens with zero attached hydrogens (tertiary/aromatic N) is 2. The number of hydrogen-bond donors (Lipinski definition) is 1. The van der Waals surface area contributed by atoms with Gasteiger partial charge in [-0.25, -0.2) is 9.37 Å². The Morgan fingerprint density at radius 1 is 1.56 bits per heavy atom. The highest BCUT2D eigenvalue weighted by Crippen LogP contribution is 2.25. The van der Waals surface area contributed by atoms with Crippen LogP contribution in [0.15, 0.2) is 24.4 Å². The Morgan fingerprint density at radius 3 is 2.94 bits per heavy atom. The lowest BCUT2D eigenvalue weighted by Gasteiger charge is -2.05. The van der Waals surface area contributed by atoms with Gasteiger partial charge < -0.3 is 5.32 Å². The molecular weight excluding hydrogens is 257 g/mol. The highest BCUT2D eigenvalue weighted by Gasteiger charge is 2.14. The van der Waals surface area contributed by atoms with Crippen LogP contribution in [0.1, 0.15) is 9.88 Å². The van der Waals surface area contributed by atoms with E-state index in [2.05, 4.69) is 10.3 Å². The van der Waals surface area contributed by atoms with Gasteiger partial charge in [0.1, 0.15) is 16.5 Å². The zero-order valence-electron chi connectivity index (χ0n) is 9.51. The third kappa shape index (κ3) is 2.80. The summed E-state index contributed by atoms with van der Waals surface area (Å²) in [6.45, 7) is 2.26. The number of nitro groups is 1. The molecule has 2 aromatic rings. The highest BCUT2D eigenvalue weighted by molar-refractivity contribution is 7.11. The number of halogens is 1. The number of thiazole rings is 1. The number of nitro benzene ring substituents is 1. The van der Waals surface area contributed by atoms with E-state index in [1.807, 2.05) is 6.92 Å². The number of hydrogen-bond acceptors (Lipinski definition) is 5. The summed E-state index contributed by atoms with van der Waals surface area (Å²) in [5.74, 6) is -0.515. The number of nitrogens with one attached hydrogen (secondary N) is 1. The summed E-state index contributed by atoms with van der Waals surface area (Å²) in [4.78, 5) is 15.4. The fourth-order valence-corrected chi connectivity index (χ4v) is 2.19. The quantitative estimate of drug-likeness (QED) is 0.682. The molecular formula is C11H10FN3O2S. The van der Waals surface area contributed by atoms with Crippen LogP contribution in [0.5, 0.6) is 0 Å². The minimum atomic E-state index is -0.547. The van der Waals surface area contributed by atoms with Gasteiger partial charge in [0.15, 0.2) is 0 Å². The fraction of sp³-hybridized carbons (Fsp3) is 0.182. The molecule has 0 fully saturated rings. The third-order valence-electron chi connectivity index (χ3n) is 2.25. The van der Waals surface area contributed by atoms with E-state index in [4.69, 9.17) is 0 Å². The number of benzene rings is 1. The summed E-state index contributed by atoms with van der Waals surface area (Å²) in [7, 11) is 0. The van der Waals surface area contributed by atoms with Crippen molar-refractivity contribution < 1.29 is 9.31 Å². The smallest absolute Gasteiger partial charge is 0.292 e. The topological polar surface area (TPSA) is 68.1 Å². The Hall–Kier alpha value is -2.02. The molecule has 0 saturated heterocycles. The van der Waals surface area contributed by atoms with E-state index in [0.29, 0.717) is 6.54 Å². The van der Waals surface area contributed by atoms with Crippen molar-refractivity contribution in [3.8, 4) is 0 Å². The number of aryl methyl sites for hydroxylation is 1. The second kappa shape index (κ2) is 5.09. The van der Waals surface area contributed by atoms with Crippen molar-refractivity contribution in [1.29, 1.82) is 0 Å². The molecule has 1 aromatic heterocycles. The summed E-state index contributed by atoms with van der Waals surface area (Å²) in [5, 5.41) is 14.4. The Labute approximate surface area is 106 Å². The molecule has 1 aromatic carbocycles. The fourth-order valence-electron chi connectivity index (χ4n) is 1.46. The van der Waals surface area contributed by atoms with Gasteiger partial charge in [0.25, 0.3) is 5.69 Å². The van der Waals surface area contributed by atoms with Gasteiger partial charge in [-0.3, -0.25) is 10.1 Å². The molecule has 5 nitrogen and oxygen atoms in total. The first kappa shape index (κ1) is 12.4. The third-order valence-corrected chi connectivity index (χ3v) is 3.17. The highest BCUT2D eigenvalue weighted by atomic mass is 32.1. The van der Waals surface area contributed by atoms with Gasteiger partial charge in [0.2, 0.25) is 0 Å². The lowest BCUT2D eigenvalue weighted by molar-refractivity contribution is -0.384. The molecule has 0 atom stereocenters. The first-order valence-corrected chi connectivity index (χ1v) is 5.97. The van der Waals surface area contributed by atoms with Crippen molar-refractivity contribution >= 4 is 22.7 Å². The largest absolute Gasteiger partial charge is 0.373 e. The van der Waals surface area contributed by atoms with E-state index < -0.39 is 10.7 Å². The summed E-state index contributed by atoms with van der Waals surface area (Å²) >= 11 is 1.49. The van der Waals surface area contributed by atoms with Crippen LogP contribution < -0.4 is 5.32 Å². The molecule has 0 aliphatic heterocycles. The SMILES string of the molecule is Cc1cnc(CNc2cc(F)ccc2[N+](=O)[O-])s1. The number of anilines is 1. The molecule has 0 spiro atoms. The molecule has 0 unspecified atom stereocenters. The molecule has 0 amide bonds. The zero-order valence-corrected chi connectivity index (χ0v) is 10.3. The maximum Gasteiger partial charge on any atom is 0.292 e. The van der Waals surface area contributed by atoms with Crippen molar-refractivity contribution in [2.45, 2.75) is 13.5 Å². The van der Waals surface area contributed by atoms with Gasteiger partial charge in [0, 0.05) is 23.2 Å². The molecule has 0 aliphatic carbocycles. The lowest BCUT2D eigenvalue weighted by atomic mass is 10.2. The molecule has 7 heteroatoms. The Bertz CT molecular complexity index is 585. The number of rotatable bonds is 4. The molecule has 0 saturated carbocycles. The van der Waals surface area contributed by atoms with E-state index in [1.165, 1.54) is 11.3 Å². The van der Waals surface area contributed by atoms with Crippen molar-refractivity contribution in [2.75, 3.05) is 5.32 Å². The predicted octanol–water partition coefficient (Wildman–Crippen LogP) is 3.11. The maximum absolute atomic E-state index is 13.1. The van der Waals surface area contributed by atoms with Gasteiger partial charge in [0.05, 0.1) is 11.5 Å². The summed E-state index contributed by atoms with van der Waals surface area (Å²) in [6, 6.07) is 3.32. The monoisotopic (exact) mass is 267 g/mol. The summed E-state index contributed by atoms with van der Waals surface area (Å²) in [6.07, 6.45) is 1.72. The predicted molar refractivity (Wildman–Crippen MR) is 67.2 cm³/mol. The van der Waals surface area contributed by atoms with Crippen molar-refractivity contribution in [3.05, 3.63) is 50.2 Å². The standard InChI is InChI=1S/C11H10FN3O2S/c1-7-5-14-11(18-7)6-13-9-4-8(12)2-3-10(9)15(16)17/h2-5,13H,6H2,1H3. The van der Waals surface area contributed by atoms with Crippen LogP contribution in [0.2, 0.25) is 0 Å². The van der Waals surface area contributed by atoms with Crippen LogP contribution in [0.4, 0.5) is 15.8 Å². The molecule has 1 heterocycles. The van der Waals surface area contributed by atoms with Crippen molar-refractivity contribution in [3.63, 3.8) is 0 Å². The van der Waals surface area contributed by atoms with E-state index in [9.17, 15) is 14.5 Å². The van der Waals surface area contributed by atoms with Gasteiger partial charge >= 0.3 is 0 Å². The van der Waals surface area contributed by atoms with Crippen molar-refractivity contribution in [2.24, 2.45) is 0 Å². The average Bonchev–Trinajstić information content (AvgIpc) is 2.72. The van der Waals surface area contributed by atoms with Crippen molar-refractivity contribution in [1.82, 2.24) is 4.98 Å². The molecule has 18 heavy (non-hydrogen) atoms. The van der Waals surface area contributed by atoms with Gasteiger partial charge in [-0.1, -0.05) is 0 Å². The first-order chi connectivity index (χ1) is 8.56. The number of aromatic nitrogens is 1. The van der Waals surface area contributed by atoms with Crippen LogP contribution in [0.25, 0.3) is 0 Å². The first-order valence-electron chi connectivity index (χ1n) is 5.15. The van der Waals surface area contributed by atoms with Crippen LogP contribution in [-0.2, 0) is 6.54 Å². The van der Waals surface area contributed by atoms with Crippen LogP contribution >= 0.6 is 11.3 Å². The summed E-state index contributed by atoms with van der Waals surface area (Å²) in [5.41, 5.74) is 0.0116. The molecule has 0 aliphatic rings. The minimum absolute atomic E-state index is 0.148. The molecule has 2 rings (SSSR count). The lowest BCUT2D eigenvalue weighted by Crippen LogP contribution is -2.02. The van der Waals surface area contributed by atoms with E-state index in [-0.39, 0.29) is 11.4 Å². The van der Waals surface area contributed by atoms with Gasteiger partial charge in [-0.15, -0.1) is 11.3 Å². The summed E-state index contributed by atoms with van der Waals surface area (Å²) < 4.78 is 13.1. The Balaban J connectivity index is 2.17. The van der Waals surface area contributed by atoms with E-state index in [0.717, 1.165) is 28.1 Å². The molecule has 94 valence electrons. The Morgan fingerprint density at radius 2 is 2.33 bits per heavy atom. The second-order valence-corrected chi connectivity index (χ2v) is 4.96.